The van der Waals surface area contributed by atoms with E-state index in [0.717, 1.165) is 42.5 Å². The fraction of sp³-hybridized carbons (Fsp3) is 0.400. The van der Waals surface area contributed by atoms with E-state index < -0.39 is 0 Å². The first-order valence-corrected chi connectivity index (χ1v) is 6.98. The van der Waals surface area contributed by atoms with Gasteiger partial charge in [0, 0.05) is 12.2 Å². The summed E-state index contributed by atoms with van der Waals surface area (Å²) >= 11 is 0. The molecule has 5 heteroatoms. The van der Waals surface area contributed by atoms with Crippen LogP contribution in [0, 0.1) is 6.92 Å². The van der Waals surface area contributed by atoms with Crippen LogP contribution in [0.1, 0.15) is 26.0 Å². The van der Waals surface area contributed by atoms with Crippen molar-refractivity contribution in [2.75, 3.05) is 17.7 Å². The maximum absolute atomic E-state index is 6.05. The van der Waals surface area contributed by atoms with Gasteiger partial charge >= 0.3 is 0 Å². The lowest BCUT2D eigenvalue weighted by Gasteiger charge is -2.10. The summed E-state index contributed by atoms with van der Waals surface area (Å²) in [5.41, 5.74) is 8.56. The maximum atomic E-state index is 6.05. The highest BCUT2D eigenvalue weighted by atomic mass is 16.5. The molecule has 2 rings (SSSR count). The van der Waals surface area contributed by atoms with Crippen LogP contribution in [-0.4, -0.2) is 16.4 Å². The normalized spacial score (nSPS) is 10.6. The number of nitrogen functional groups attached to an aromatic ring is 1. The van der Waals surface area contributed by atoms with Crippen LogP contribution in [0.4, 0.5) is 17.2 Å². The molecule has 0 radical (unpaired) electrons. The number of aryl methyl sites for hydroxylation is 2. The average molecular weight is 274 g/mol. The van der Waals surface area contributed by atoms with Crippen LogP contribution in [0.5, 0.6) is 5.75 Å². The second-order valence-corrected chi connectivity index (χ2v) is 4.66. The fourth-order valence-electron chi connectivity index (χ4n) is 1.95. The van der Waals surface area contributed by atoms with E-state index in [1.54, 1.807) is 0 Å². The molecule has 20 heavy (non-hydrogen) atoms. The highest BCUT2D eigenvalue weighted by molar-refractivity contribution is 5.71. The summed E-state index contributed by atoms with van der Waals surface area (Å²) in [5, 5.41) is 7.70. The summed E-state index contributed by atoms with van der Waals surface area (Å²) in [5.74, 6) is 1.72. The van der Waals surface area contributed by atoms with Gasteiger partial charge in [0.25, 0.3) is 0 Å². The zero-order chi connectivity index (χ0) is 14.5. The molecule has 0 aliphatic rings. The number of anilines is 3. The SMILES string of the molecule is CCCOc1ccc(Nc2c(N)c(C)nn2CC)cc1. The minimum absolute atomic E-state index is 0.693. The van der Waals surface area contributed by atoms with Crippen molar-refractivity contribution in [2.24, 2.45) is 0 Å². The van der Waals surface area contributed by atoms with Gasteiger partial charge in [-0.3, -0.25) is 0 Å². The molecule has 0 saturated heterocycles. The van der Waals surface area contributed by atoms with Gasteiger partial charge in [-0.25, -0.2) is 4.68 Å². The van der Waals surface area contributed by atoms with E-state index in [2.05, 4.69) is 17.3 Å². The Hall–Kier alpha value is -2.17. The molecule has 5 nitrogen and oxygen atoms in total. The van der Waals surface area contributed by atoms with Crippen LogP contribution in [0.3, 0.4) is 0 Å². The van der Waals surface area contributed by atoms with E-state index in [1.165, 1.54) is 0 Å². The first-order valence-electron chi connectivity index (χ1n) is 6.98. The summed E-state index contributed by atoms with van der Waals surface area (Å²) in [7, 11) is 0. The monoisotopic (exact) mass is 274 g/mol. The second kappa shape index (κ2) is 6.32. The predicted molar refractivity (Wildman–Crippen MR) is 82.6 cm³/mol. The van der Waals surface area contributed by atoms with Gasteiger partial charge in [-0.05, 0) is 44.5 Å². The third-order valence-corrected chi connectivity index (χ3v) is 3.06. The van der Waals surface area contributed by atoms with Crippen molar-refractivity contribution in [1.29, 1.82) is 0 Å². The largest absolute Gasteiger partial charge is 0.494 e. The third kappa shape index (κ3) is 3.04. The minimum atomic E-state index is 0.693. The number of nitrogens with two attached hydrogens (primary N) is 1. The molecule has 0 atom stereocenters. The average Bonchev–Trinajstić information content (AvgIpc) is 2.74. The van der Waals surface area contributed by atoms with Gasteiger partial charge in [-0.1, -0.05) is 6.92 Å². The van der Waals surface area contributed by atoms with E-state index in [0.29, 0.717) is 5.69 Å². The van der Waals surface area contributed by atoms with Crippen LogP contribution < -0.4 is 15.8 Å². The molecule has 0 aliphatic heterocycles. The first-order chi connectivity index (χ1) is 9.65. The highest BCUT2D eigenvalue weighted by Gasteiger charge is 2.11. The molecular weight excluding hydrogens is 252 g/mol. The summed E-state index contributed by atoms with van der Waals surface area (Å²) in [6.45, 7) is 7.56. The lowest BCUT2D eigenvalue weighted by Crippen LogP contribution is -2.04. The van der Waals surface area contributed by atoms with Gasteiger partial charge in [-0.2, -0.15) is 5.10 Å². The maximum Gasteiger partial charge on any atom is 0.152 e. The van der Waals surface area contributed by atoms with Crippen molar-refractivity contribution in [1.82, 2.24) is 9.78 Å². The number of hydrogen-bond donors (Lipinski definition) is 2. The van der Waals surface area contributed by atoms with Crippen LogP contribution in [-0.2, 0) is 6.54 Å². The Morgan fingerprint density at radius 3 is 2.55 bits per heavy atom. The topological polar surface area (TPSA) is 65.1 Å². The van der Waals surface area contributed by atoms with Crippen molar-refractivity contribution in [2.45, 2.75) is 33.7 Å². The first kappa shape index (κ1) is 14.2. The quantitative estimate of drug-likeness (QED) is 0.848. The van der Waals surface area contributed by atoms with Crippen molar-refractivity contribution in [3.8, 4) is 5.75 Å². The van der Waals surface area contributed by atoms with Gasteiger partial charge in [-0.15, -0.1) is 0 Å². The fourth-order valence-corrected chi connectivity index (χ4v) is 1.95. The summed E-state index contributed by atoms with van der Waals surface area (Å²) in [6.07, 6.45) is 1.01. The molecule has 0 saturated carbocycles. The number of rotatable bonds is 6. The van der Waals surface area contributed by atoms with Crippen LogP contribution >= 0.6 is 0 Å². The molecule has 0 unspecified atom stereocenters. The second-order valence-electron chi connectivity index (χ2n) is 4.66. The summed E-state index contributed by atoms with van der Waals surface area (Å²) in [6, 6.07) is 7.86. The van der Waals surface area contributed by atoms with E-state index in [1.807, 2.05) is 42.8 Å². The zero-order valence-corrected chi connectivity index (χ0v) is 12.3. The van der Waals surface area contributed by atoms with Gasteiger partial charge in [0.05, 0.1) is 18.0 Å². The van der Waals surface area contributed by atoms with Gasteiger partial charge in [0.2, 0.25) is 0 Å². The van der Waals surface area contributed by atoms with Gasteiger partial charge < -0.3 is 15.8 Å². The number of nitrogens with one attached hydrogen (secondary N) is 1. The standard InChI is InChI=1S/C15H22N4O/c1-4-10-20-13-8-6-12(7-9-13)17-15-14(16)11(3)18-19(15)5-2/h6-9,17H,4-5,10,16H2,1-3H3. The molecule has 0 amide bonds. The number of aromatic nitrogens is 2. The Morgan fingerprint density at radius 2 is 1.95 bits per heavy atom. The number of ether oxygens (including phenoxy) is 1. The Morgan fingerprint density at radius 1 is 1.25 bits per heavy atom. The summed E-state index contributed by atoms with van der Waals surface area (Å²) < 4.78 is 7.43. The smallest absolute Gasteiger partial charge is 0.152 e. The zero-order valence-electron chi connectivity index (χ0n) is 12.3. The van der Waals surface area contributed by atoms with E-state index in [-0.39, 0.29) is 0 Å². The third-order valence-electron chi connectivity index (χ3n) is 3.06. The van der Waals surface area contributed by atoms with Crippen molar-refractivity contribution in [3.05, 3.63) is 30.0 Å². The summed E-state index contributed by atoms with van der Waals surface area (Å²) in [4.78, 5) is 0. The molecule has 1 heterocycles. The Balaban J connectivity index is 2.14. The molecule has 0 spiro atoms. The number of nitrogens with zero attached hydrogens (tertiary/aromatic N) is 2. The van der Waals surface area contributed by atoms with Crippen molar-refractivity contribution in [3.63, 3.8) is 0 Å². The van der Waals surface area contributed by atoms with Crippen LogP contribution in [0.2, 0.25) is 0 Å². The lowest BCUT2D eigenvalue weighted by molar-refractivity contribution is 0.317. The Labute approximate surface area is 119 Å². The number of benzene rings is 1. The number of hydrogen-bond acceptors (Lipinski definition) is 4. The van der Waals surface area contributed by atoms with Crippen molar-refractivity contribution < 1.29 is 4.74 Å². The van der Waals surface area contributed by atoms with E-state index in [9.17, 15) is 0 Å². The molecule has 0 bridgehead atoms. The predicted octanol–water partition coefficient (Wildman–Crippen LogP) is 3.33. The molecule has 2 aromatic rings. The molecular formula is C15H22N4O. The molecule has 1 aromatic carbocycles. The molecule has 0 aliphatic carbocycles. The van der Waals surface area contributed by atoms with E-state index >= 15 is 0 Å². The van der Waals surface area contributed by atoms with Crippen LogP contribution in [0.25, 0.3) is 0 Å². The molecule has 108 valence electrons. The Bertz CT molecular complexity index is 560. The van der Waals surface area contributed by atoms with Crippen molar-refractivity contribution >= 4 is 17.2 Å². The Kier molecular flexibility index (Phi) is 4.50. The van der Waals surface area contributed by atoms with E-state index in [4.69, 9.17) is 10.5 Å². The lowest BCUT2D eigenvalue weighted by atomic mass is 10.3. The van der Waals surface area contributed by atoms with Gasteiger partial charge in [0.15, 0.2) is 5.82 Å². The van der Waals surface area contributed by atoms with Crippen LogP contribution in [0.15, 0.2) is 24.3 Å². The molecule has 0 fully saturated rings. The van der Waals surface area contributed by atoms with Gasteiger partial charge in [0.1, 0.15) is 5.75 Å². The molecule has 3 N–H and O–H groups in total. The molecule has 1 aromatic heterocycles. The minimum Gasteiger partial charge on any atom is -0.494 e. The highest BCUT2D eigenvalue weighted by Crippen LogP contribution is 2.27.